The van der Waals surface area contributed by atoms with Crippen LogP contribution in [0.25, 0.3) is 11.3 Å². The fourth-order valence-corrected chi connectivity index (χ4v) is 5.55. The number of anilines is 1. The van der Waals surface area contributed by atoms with Crippen LogP contribution < -0.4 is 4.90 Å². The van der Waals surface area contributed by atoms with Gasteiger partial charge in [-0.3, -0.25) is 0 Å². The molecule has 0 bridgehead atoms. The van der Waals surface area contributed by atoms with Crippen molar-refractivity contribution in [1.82, 2.24) is 30.8 Å². The molecule has 6 aromatic heterocycles. The number of hydrogen-bond donors (Lipinski definition) is 0. The lowest BCUT2D eigenvalue weighted by atomic mass is 9.74. The zero-order chi connectivity index (χ0) is 23.2. The molecule has 6 aromatic rings. The fourth-order valence-electron chi connectivity index (χ4n) is 4.75. The van der Waals surface area contributed by atoms with E-state index in [1.165, 1.54) is 30.1 Å². The van der Waals surface area contributed by atoms with E-state index in [1.54, 1.807) is 30.8 Å². The molecule has 0 radical (unpaired) electrons. The SMILES string of the molecule is c1coc(C2(c3conn3)C(c3cnon3)C(c3ccon3)=C(c3ncco3)N2c2cccs2)c1. The lowest BCUT2D eigenvalue weighted by Crippen LogP contribution is -2.46. The summed E-state index contributed by atoms with van der Waals surface area (Å²) in [6.07, 6.45) is 9.19. The molecule has 0 saturated carbocycles. The number of furan rings is 1. The van der Waals surface area contributed by atoms with Gasteiger partial charge in [-0.2, -0.15) is 0 Å². The Morgan fingerprint density at radius 3 is 2.66 bits per heavy atom. The first kappa shape index (κ1) is 19.7. The van der Waals surface area contributed by atoms with Crippen LogP contribution in [-0.2, 0) is 5.54 Å². The highest BCUT2D eigenvalue weighted by atomic mass is 32.1. The van der Waals surface area contributed by atoms with Gasteiger partial charge < -0.3 is 22.8 Å². The molecule has 2 atom stereocenters. The quantitative estimate of drug-likeness (QED) is 0.332. The highest BCUT2D eigenvalue weighted by Gasteiger charge is 2.63. The molecule has 7 rings (SSSR count). The van der Waals surface area contributed by atoms with Gasteiger partial charge >= 0.3 is 0 Å². The molecule has 12 nitrogen and oxygen atoms in total. The number of aromatic nitrogens is 6. The largest absolute Gasteiger partial charge is 0.466 e. The van der Waals surface area contributed by atoms with E-state index >= 15 is 0 Å². The van der Waals surface area contributed by atoms with Crippen LogP contribution in [0.3, 0.4) is 0 Å². The van der Waals surface area contributed by atoms with Crippen molar-refractivity contribution < 1.29 is 22.5 Å². The van der Waals surface area contributed by atoms with E-state index in [-0.39, 0.29) is 0 Å². The van der Waals surface area contributed by atoms with E-state index in [0.29, 0.717) is 40.0 Å². The van der Waals surface area contributed by atoms with Crippen molar-refractivity contribution >= 4 is 27.6 Å². The lowest BCUT2D eigenvalue weighted by Gasteiger charge is -2.40. The topological polar surface area (TPSA) is 146 Å². The summed E-state index contributed by atoms with van der Waals surface area (Å²) in [5, 5.41) is 23.4. The van der Waals surface area contributed by atoms with Crippen molar-refractivity contribution in [2.75, 3.05) is 4.90 Å². The third-order valence-electron chi connectivity index (χ3n) is 5.93. The first-order valence-corrected chi connectivity index (χ1v) is 11.2. The Balaban J connectivity index is 1.67. The number of thiophene rings is 1. The predicted molar refractivity (Wildman–Crippen MR) is 117 cm³/mol. The van der Waals surface area contributed by atoms with Gasteiger partial charge in [0.2, 0.25) is 5.89 Å². The predicted octanol–water partition coefficient (Wildman–Crippen LogP) is 4.20. The van der Waals surface area contributed by atoms with Gasteiger partial charge in [0.05, 0.1) is 29.6 Å². The standard InChI is InChI=1S/C22H13N7O5S/c1-3-16(30-7-1)22(15-12-33-28-25-15)19(14-11-24-34-27-14)18(13-5-8-32-26-13)20(21-23-6-9-31-21)29(22)17-4-2-10-35-17/h1-12,19H. The van der Waals surface area contributed by atoms with E-state index in [9.17, 15) is 0 Å². The Labute approximate surface area is 199 Å². The molecule has 35 heavy (non-hydrogen) atoms. The Bertz CT molecular complexity index is 1420. The van der Waals surface area contributed by atoms with E-state index in [4.69, 9.17) is 22.5 Å². The molecule has 0 aromatic carbocycles. The number of hydrogen-bond acceptors (Lipinski definition) is 13. The number of nitrogens with zero attached hydrogens (tertiary/aromatic N) is 7. The molecule has 13 heteroatoms. The van der Waals surface area contributed by atoms with Crippen molar-refractivity contribution in [1.29, 1.82) is 0 Å². The molecular formula is C22H13N7O5S. The molecule has 172 valence electrons. The third-order valence-corrected chi connectivity index (χ3v) is 6.79. The minimum atomic E-state index is -1.20. The third kappa shape index (κ3) is 2.72. The fraction of sp³-hybridized carbons (Fsp3) is 0.0909. The van der Waals surface area contributed by atoms with Gasteiger partial charge in [0.1, 0.15) is 41.1 Å². The maximum Gasteiger partial charge on any atom is 0.243 e. The molecule has 1 aliphatic rings. The number of oxazole rings is 1. The van der Waals surface area contributed by atoms with Crippen LogP contribution in [0.5, 0.6) is 0 Å². The molecule has 0 aliphatic carbocycles. The van der Waals surface area contributed by atoms with E-state index < -0.39 is 11.5 Å². The van der Waals surface area contributed by atoms with Crippen LogP contribution in [0.2, 0.25) is 0 Å². The van der Waals surface area contributed by atoms with E-state index in [0.717, 1.165) is 5.00 Å². The average Bonchev–Trinajstić information content (AvgIpc) is 3.71. The molecule has 0 amide bonds. The van der Waals surface area contributed by atoms with Crippen LogP contribution in [0.15, 0.2) is 95.7 Å². The molecule has 0 fully saturated rings. The summed E-state index contributed by atoms with van der Waals surface area (Å²) in [5.41, 5.74) is 1.58. The second-order valence-corrected chi connectivity index (χ2v) is 8.50. The van der Waals surface area contributed by atoms with E-state index in [2.05, 4.69) is 30.8 Å². The van der Waals surface area contributed by atoms with Gasteiger partial charge in [-0.05, 0) is 29.6 Å². The minimum absolute atomic E-state index is 0.350. The van der Waals surface area contributed by atoms with Crippen LogP contribution in [0.4, 0.5) is 5.00 Å². The first-order valence-electron chi connectivity index (χ1n) is 10.4. The Morgan fingerprint density at radius 1 is 1.00 bits per heavy atom. The maximum atomic E-state index is 6.09. The average molecular weight is 487 g/mol. The second kappa shape index (κ2) is 7.63. The van der Waals surface area contributed by atoms with Gasteiger partial charge in [-0.15, -0.1) is 16.4 Å². The Morgan fingerprint density at radius 2 is 2.00 bits per heavy atom. The summed E-state index contributed by atoms with van der Waals surface area (Å²) >= 11 is 1.52. The van der Waals surface area contributed by atoms with Gasteiger partial charge in [-0.25, -0.2) is 9.61 Å². The summed E-state index contributed by atoms with van der Waals surface area (Å²) in [5.74, 6) is 0.251. The van der Waals surface area contributed by atoms with Crippen molar-refractivity contribution in [2.45, 2.75) is 11.5 Å². The lowest BCUT2D eigenvalue weighted by molar-refractivity contribution is 0.295. The summed E-state index contributed by atoms with van der Waals surface area (Å²) < 4.78 is 27.5. The normalized spacial score (nSPS) is 20.2. The van der Waals surface area contributed by atoms with Gasteiger partial charge in [-0.1, -0.05) is 15.5 Å². The molecule has 7 heterocycles. The van der Waals surface area contributed by atoms with Gasteiger partial charge in [0, 0.05) is 16.9 Å². The van der Waals surface area contributed by atoms with Gasteiger partial charge in [0.25, 0.3) is 0 Å². The van der Waals surface area contributed by atoms with Crippen molar-refractivity contribution in [3.05, 3.63) is 102 Å². The van der Waals surface area contributed by atoms with Crippen LogP contribution in [0.1, 0.15) is 34.7 Å². The monoisotopic (exact) mass is 487 g/mol. The summed E-state index contributed by atoms with van der Waals surface area (Å²) in [6.45, 7) is 0. The molecule has 0 spiro atoms. The van der Waals surface area contributed by atoms with Crippen molar-refractivity contribution in [2.24, 2.45) is 0 Å². The summed E-state index contributed by atoms with van der Waals surface area (Å²) in [6, 6.07) is 9.33. The van der Waals surface area contributed by atoms with E-state index in [1.807, 2.05) is 28.5 Å². The molecule has 0 saturated heterocycles. The smallest absolute Gasteiger partial charge is 0.243 e. The first-order chi connectivity index (χ1) is 17.4. The summed E-state index contributed by atoms with van der Waals surface area (Å²) in [7, 11) is 0. The second-order valence-electron chi connectivity index (χ2n) is 7.57. The molecule has 0 N–H and O–H groups in total. The molecule has 2 unspecified atom stereocenters. The van der Waals surface area contributed by atoms with Crippen LogP contribution in [0, 0.1) is 0 Å². The molecular weight excluding hydrogens is 474 g/mol. The van der Waals surface area contributed by atoms with Crippen LogP contribution in [-0.4, -0.2) is 30.8 Å². The molecule has 1 aliphatic heterocycles. The Hall–Kier alpha value is -4.78. The van der Waals surface area contributed by atoms with Gasteiger partial charge in [0.15, 0.2) is 11.8 Å². The zero-order valence-electron chi connectivity index (χ0n) is 17.6. The van der Waals surface area contributed by atoms with Crippen molar-refractivity contribution in [3.8, 4) is 0 Å². The summed E-state index contributed by atoms with van der Waals surface area (Å²) in [4.78, 5) is 6.53. The van der Waals surface area contributed by atoms with Crippen molar-refractivity contribution in [3.63, 3.8) is 0 Å². The Kier molecular flexibility index (Phi) is 4.29. The highest BCUT2D eigenvalue weighted by molar-refractivity contribution is 7.14. The number of rotatable bonds is 6. The highest BCUT2D eigenvalue weighted by Crippen LogP contribution is 2.63. The van der Waals surface area contributed by atoms with Crippen LogP contribution >= 0.6 is 11.3 Å². The minimum Gasteiger partial charge on any atom is -0.466 e. The maximum absolute atomic E-state index is 6.09. The zero-order valence-corrected chi connectivity index (χ0v) is 18.4.